The molecule has 18 heavy (non-hydrogen) atoms. The smallest absolute Gasteiger partial charge is 0.0991 e. The third-order valence-electron chi connectivity index (χ3n) is 2.44. The zero-order chi connectivity index (χ0) is 12.6. The van der Waals surface area contributed by atoms with Gasteiger partial charge in [0.15, 0.2) is 0 Å². The van der Waals surface area contributed by atoms with E-state index < -0.39 is 0 Å². The normalized spacial score (nSPS) is 10.4. The van der Waals surface area contributed by atoms with Crippen molar-refractivity contribution in [3.8, 4) is 6.07 Å². The van der Waals surface area contributed by atoms with Crippen LogP contribution in [-0.4, -0.2) is 5.75 Å². The fraction of sp³-hybridized carbons (Fsp3) is 0.0625. The molecule has 88 valence electrons. The summed E-state index contributed by atoms with van der Waals surface area (Å²) in [6.45, 7) is 0. The second-order valence-corrected chi connectivity index (χ2v) is 4.85. The van der Waals surface area contributed by atoms with E-state index in [4.69, 9.17) is 5.26 Å². The summed E-state index contributed by atoms with van der Waals surface area (Å²) in [7, 11) is 0. The summed E-state index contributed by atoms with van der Waals surface area (Å²) in [5, 5.41) is 8.70. The molecule has 2 aromatic rings. The van der Waals surface area contributed by atoms with E-state index >= 15 is 0 Å². The van der Waals surface area contributed by atoms with E-state index in [2.05, 4.69) is 30.4 Å². The van der Waals surface area contributed by atoms with Crippen LogP contribution in [0.15, 0.2) is 65.6 Å². The van der Waals surface area contributed by atoms with Gasteiger partial charge in [0, 0.05) is 10.6 Å². The van der Waals surface area contributed by atoms with Crippen LogP contribution in [-0.2, 0) is 0 Å². The van der Waals surface area contributed by atoms with Crippen LogP contribution in [0.2, 0.25) is 0 Å². The Labute approximate surface area is 112 Å². The van der Waals surface area contributed by atoms with Crippen molar-refractivity contribution in [3.63, 3.8) is 0 Å². The number of thioether (sulfide) groups is 1. The third kappa shape index (κ3) is 3.80. The lowest BCUT2D eigenvalue weighted by Crippen LogP contribution is -1.76. The fourth-order valence-corrected chi connectivity index (χ4v) is 2.25. The molecule has 0 aliphatic carbocycles. The standard InChI is InChI=1S/C16H13NS/c17-13-15-10-8-14(9-11-15)5-4-12-18-16-6-2-1-3-7-16/h1-11H,12H2/b5-4+. The quantitative estimate of drug-likeness (QED) is 0.754. The Kier molecular flexibility index (Phi) is 4.63. The molecular weight excluding hydrogens is 238 g/mol. The van der Waals surface area contributed by atoms with Gasteiger partial charge in [-0.15, -0.1) is 11.8 Å². The van der Waals surface area contributed by atoms with Crippen LogP contribution >= 0.6 is 11.8 Å². The minimum absolute atomic E-state index is 0.700. The van der Waals surface area contributed by atoms with Gasteiger partial charge >= 0.3 is 0 Å². The summed E-state index contributed by atoms with van der Waals surface area (Å²) in [6, 6.07) is 20.1. The first-order chi connectivity index (χ1) is 8.88. The molecule has 0 heterocycles. The molecule has 2 aromatic carbocycles. The Morgan fingerprint density at radius 1 is 1.00 bits per heavy atom. The highest BCUT2D eigenvalue weighted by atomic mass is 32.2. The molecule has 0 saturated carbocycles. The molecule has 0 fully saturated rings. The monoisotopic (exact) mass is 251 g/mol. The van der Waals surface area contributed by atoms with E-state index in [1.54, 1.807) is 0 Å². The zero-order valence-corrected chi connectivity index (χ0v) is 10.7. The second-order valence-electron chi connectivity index (χ2n) is 3.76. The summed E-state index contributed by atoms with van der Waals surface area (Å²) in [6.07, 6.45) is 4.22. The van der Waals surface area contributed by atoms with Gasteiger partial charge in [-0.3, -0.25) is 0 Å². The maximum Gasteiger partial charge on any atom is 0.0991 e. The van der Waals surface area contributed by atoms with Gasteiger partial charge in [0.05, 0.1) is 11.6 Å². The van der Waals surface area contributed by atoms with Gasteiger partial charge in [0.25, 0.3) is 0 Å². The molecule has 2 heteroatoms. The number of benzene rings is 2. The van der Waals surface area contributed by atoms with Crippen molar-refractivity contribution < 1.29 is 0 Å². The van der Waals surface area contributed by atoms with Gasteiger partial charge in [-0.25, -0.2) is 0 Å². The minimum Gasteiger partial charge on any atom is -0.192 e. The zero-order valence-electron chi connectivity index (χ0n) is 9.91. The number of hydrogen-bond acceptors (Lipinski definition) is 2. The third-order valence-corrected chi connectivity index (χ3v) is 3.40. The molecule has 0 bridgehead atoms. The maximum atomic E-state index is 8.70. The van der Waals surface area contributed by atoms with E-state index in [9.17, 15) is 0 Å². The van der Waals surface area contributed by atoms with Gasteiger partial charge in [-0.05, 0) is 29.8 Å². The first-order valence-corrected chi connectivity index (χ1v) is 6.71. The summed E-state index contributed by atoms with van der Waals surface area (Å²) in [5.41, 5.74) is 1.83. The van der Waals surface area contributed by atoms with Crippen LogP contribution in [0.3, 0.4) is 0 Å². The number of nitriles is 1. The molecule has 2 rings (SSSR count). The summed E-state index contributed by atoms with van der Waals surface area (Å²) in [5.74, 6) is 0.948. The minimum atomic E-state index is 0.700. The Morgan fingerprint density at radius 3 is 2.39 bits per heavy atom. The number of nitrogens with zero attached hydrogens (tertiary/aromatic N) is 1. The molecule has 0 unspecified atom stereocenters. The Balaban J connectivity index is 1.86. The summed E-state index contributed by atoms with van der Waals surface area (Å²) in [4.78, 5) is 1.28. The van der Waals surface area contributed by atoms with Crippen molar-refractivity contribution in [2.24, 2.45) is 0 Å². The molecule has 0 aliphatic heterocycles. The highest BCUT2D eigenvalue weighted by molar-refractivity contribution is 7.99. The molecule has 0 radical (unpaired) electrons. The SMILES string of the molecule is N#Cc1ccc(/C=C/CSc2ccccc2)cc1. The highest BCUT2D eigenvalue weighted by Crippen LogP contribution is 2.17. The van der Waals surface area contributed by atoms with Crippen LogP contribution in [0.25, 0.3) is 6.08 Å². The highest BCUT2D eigenvalue weighted by Gasteiger charge is 1.91. The van der Waals surface area contributed by atoms with Crippen molar-refractivity contribution in [2.45, 2.75) is 4.90 Å². The van der Waals surface area contributed by atoms with Crippen LogP contribution in [0.5, 0.6) is 0 Å². The van der Waals surface area contributed by atoms with Gasteiger partial charge in [0.2, 0.25) is 0 Å². The predicted molar refractivity (Wildman–Crippen MR) is 77.4 cm³/mol. The van der Waals surface area contributed by atoms with Gasteiger partial charge in [-0.2, -0.15) is 5.26 Å². The predicted octanol–water partition coefficient (Wildman–Crippen LogP) is 4.36. The van der Waals surface area contributed by atoms with Gasteiger partial charge in [-0.1, -0.05) is 42.5 Å². The van der Waals surface area contributed by atoms with Crippen molar-refractivity contribution in [2.75, 3.05) is 5.75 Å². The molecule has 0 aromatic heterocycles. The number of rotatable bonds is 4. The van der Waals surface area contributed by atoms with Gasteiger partial charge < -0.3 is 0 Å². The maximum absolute atomic E-state index is 8.70. The molecule has 0 aliphatic rings. The van der Waals surface area contributed by atoms with Crippen LogP contribution in [0, 0.1) is 11.3 Å². The van der Waals surface area contributed by atoms with Crippen molar-refractivity contribution in [1.82, 2.24) is 0 Å². The van der Waals surface area contributed by atoms with E-state index in [0.717, 1.165) is 11.3 Å². The number of hydrogen-bond donors (Lipinski definition) is 0. The molecule has 0 amide bonds. The molecule has 0 spiro atoms. The van der Waals surface area contributed by atoms with Crippen LogP contribution in [0.1, 0.15) is 11.1 Å². The first kappa shape index (κ1) is 12.5. The van der Waals surface area contributed by atoms with E-state index in [0.29, 0.717) is 5.56 Å². The van der Waals surface area contributed by atoms with Crippen molar-refractivity contribution in [3.05, 3.63) is 71.8 Å². The second kappa shape index (κ2) is 6.68. The van der Waals surface area contributed by atoms with Crippen molar-refractivity contribution in [1.29, 1.82) is 5.26 Å². The van der Waals surface area contributed by atoms with E-state index in [1.807, 2.05) is 54.2 Å². The molecule has 0 atom stereocenters. The van der Waals surface area contributed by atoms with Crippen LogP contribution in [0.4, 0.5) is 0 Å². The summed E-state index contributed by atoms with van der Waals surface area (Å²) < 4.78 is 0. The average Bonchev–Trinajstić information content (AvgIpc) is 2.45. The van der Waals surface area contributed by atoms with E-state index in [1.165, 1.54) is 4.90 Å². The average molecular weight is 251 g/mol. The largest absolute Gasteiger partial charge is 0.192 e. The Hall–Kier alpha value is -1.98. The lowest BCUT2D eigenvalue weighted by Gasteiger charge is -1.97. The lowest BCUT2D eigenvalue weighted by atomic mass is 10.1. The molecule has 1 nitrogen and oxygen atoms in total. The van der Waals surface area contributed by atoms with E-state index in [-0.39, 0.29) is 0 Å². The molecular formula is C16H13NS. The van der Waals surface area contributed by atoms with Gasteiger partial charge in [0.1, 0.15) is 0 Å². The van der Waals surface area contributed by atoms with Crippen LogP contribution < -0.4 is 0 Å². The Bertz CT molecular complexity index is 550. The first-order valence-electron chi connectivity index (χ1n) is 5.73. The lowest BCUT2D eigenvalue weighted by molar-refractivity contribution is 1.46. The topological polar surface area (TPSA) is 23.8 Å². The molecule has 0 saturated heterocycles. The molecule has 0 N–H and O–H groups in total. The fourth-order valence-electron chi connectivity index (χ4n) is 1.51. The Morgan fingerprint density at radius 2 is 1.72 bits per heavy atom. The van der Waals surface area contributed by atoms with Crippen molar-refractivity contribution >= 4 is 17.8 Å². The summed E-state index contributed by atoms with van der Waals surface area (Å²) >= 11 is 1.81.